The second-order valence-electron chi connectivity index (χ2n) is 5.72. The molecule has 1 aromatic rings. The van der Waals surface area contributed by atoms with E-state index in [9.17, 15) is 4.79 Å². The summed E-state index contributed by atoms with van der Waals surface area (Å²) in [5.74, 6) is 0. The molecule has 1 aliphatic carbocycles. The predicted octanol–water partition coefficient (Wildman–Crippen LogP) is 3.30. The lowest BCUT2D eigenvalue weighted by atomic mass is 9.80. The van der Waals surface area contributed by atoms with Gasteiger partial charge < -0.3 is 9.69 Å². The Labute approximate surface area is 109 Å². The Morgan fingerprint density at radius 2 is 1.56 bits per heavy atom. The van der Waals surface area contributed by atoms with Crippen molar-refractivity contribution in [1.82, 2.24) is 0 Å². The number of carbonyl (C=O) groups excluding carboxylic acids is 1. The van der Waals surface area contributed by atoms with E-state index in [2.05, 4.69) is 29.2 Å². The molecule has 2 nitrogen and oxygen atoms in total. The van der Waals surface area contributed by atoms with Gasteiger partial charge in [0.2, 0.25) is 0 Å². The highest BCUT2D eigenvalue weighted by molar-refractivity contribution is 5.70. The van der Waals surface area contributed by atoms with Crippen molar-refractivity contribution >= 4 is 12.0 Å². The molecule has 0 aromatic heterocycles. The Kier molecular flexibility index (Phi) is 3.11. The van der Waals surface area contributed by atoms with E-state index in [1.807, 2.05) is 0 Å². The second kappa shape index (κ2) is 4.75. The highest BCUT2D eigenvalue weighted by Gasteiger charge is 2.35. The summed E-state index contributed by atoms with van der Waals surface area (Å²) in [4.78, 5) is 13.9. The van der Waals surface area contributed by atoms with E-state index in [-0.39, 0.29) is 5.41 Å². The van der Waals surface area contributed by atoms with E-state index in [1.165, 1.54) is 56.3 Å². The van der Waals surface area contributed by atoms with Crippen molar-refractivity contribution in [3.8, 4) is 0 Å². The van der Waals surface area contributed by atoms with Crippen molar-refractivity contribution in [1.29, 1.82) is 0 Å². The number of benzene rings is 1. The van der Waals surface area contributed by atoms with Gasteiger partial charge in [-0.15, -0.1) is 0 Å². The van der Waals surface area contributed by atoms with Gasteiger partial charge in [0.15, 0.2) is 0 Å². The Bertz CT molecular complexity index is 411. The van der Waals surface area contributed by atoms with Crippen LogP contribution in [0.4, 0.5) is 5.69 Å². The van der Waals surface area contributed by atoms with E-state index in [0.29, 0.717) is 0 Å². The Morgan fingerprint density at radius 1 is 0.944 bits per heavy atom. The molecule has 0 spiro atoms. The number of carbonyl (C=O) groups is 1. The van der Waals surface area contributed by atoms with Crippen molar-refractivity contribution in [2.24, 2.45) is 0 Å². The van der Waals surface area contributed by atoms with Gasteiger partial charge in [-0.25, -0.2) is 0 Å². The first-order valence-corrected chi connectivity index (χ1v) is 7.16. The Balaban J connectivity index is 1.83. The van der Waals surface area contributed by atoms with Gasteiger partial charge in [0.05, 0.1) is 5.41 Å². The molecule has 1 saturated carbocycles. The molecule has 0 atom stereocenters. The highest BCUT2D eigenvalue weighted by atomic mass is 16.1. The minimum atomic E-state index is -0.177. The number of anilines is 1. The molecule has 96 valence electrons. The molecule has 0 unspecified atom stereocenters. The fourth-order valence-electron chi connectivity index (χ4n) is 3.46. The zero-order valence-corrected chi connectivity index (χ0v) is 10.9. The number of rotatable bonds is 3. The van der Waals surface area contributed by atoms with Crippen LogP contribution in [0.25, 0.3) is 0 Å². The number of hydrogen-bond acceptors (Lipinski definition) is 2. The topological polar surface area (TPSA) is 20.3 Å². The lowest BCUT2D eigenvalue weighted by Gasteiger charge is -2.24. The fraction of sp³-hybridized carbons (Fsp3) is 0.562. The zero-order valence-electron chi connectivity index (χ0n) is 10.9. The van der Waals surface area contributed by atoms with E-state index >= 15 is 0 Å². The molecule has 2 heteroatoms. The van der Waals surface area contributed by atoms with Gasteiger partial charge in [-0.1, -0.05) is 25.0 Å². The molecule has 18 heavy (non-hydrogen) atoms. The molecule has 0 radical (unpaired) electrons. The van der Waals surface area contributed by atoms with Crippen LogP contribution in [-0.2, 0) is 10.2 Å². The Morgan fingerprint density at radius 3 is 2.11 bits per heavy atom. The average molecular weight is 243 g/mol. The quantitative estimate of drug-likeness (QED) is 0.759. The van der Waals surface area contributed by atoms with Gasteiger partial charge >= 0.3 is 0 Å². The predicted molar refractivity (Wildman–Crippen MR) is 74.1 cm³/mol. The largest absolute Gasteiger partial charge is 0.372 e. The summed E-state index contributed by atoms with van der Waals surface area (Å²) in [6, 6.07) is 8.75. The monoisotopic (exact) mass is 243 g/mol. The van der Waals surface area contributed by atoms with Gasteiger partial charge in [-0.2, -0.15) is 0 Å². The molecule has 3 rings (SSSR count). The van der Waals surface area contributed by atoms with E-state index < -0.39 is 0 Å². The van der Waals surface area contributed by atoms with Crippen LogP contribution in [0.2, 0.25) is 0 Å². The van der Waals surface area contributed by atoms with Crippen LogP contribution in [0.1, 0.15) is 44.1 Å². The first-order valence-electron chi connectivity index (χ1n) is 7.16. The van der Waals surface area contributed by atoms with Gasteiger partial charge in [0, 0.05) is 18.8 Å². The summed E-state index contributed by atoms with van der Waals surface area (Å²) in [5.41, 5.74) is 2.36. The molecule has 0 N–H and O–H groups in total. The number of nitrogens with zero attached hydrogens (tertiary/aromatic N) is 1. The Hall–Kier alpha value is -1.31. The molecule has 0 bridgehead atoms. The van der Waals surface area contributed by atoms with Crippen LogP contribution < -0.4 is 4.90 Å². The van der Waals surface area contributed by atoms with Crippen molar-refractivity contribution in [3.05, 3.63) is 29.8 Å². The molecule has 1 aliphatic heterocycles. The third-order valence-electron chi connectivity index (χ3n) is 4.63. The maximum absolute atomic E-state index is 11.5. The molecule has 1 saturated heterocycles. The first-order chi connectivity index (χ1) is 8.84. The van der Waals surface area contributed by atoms with Crippen molar-refractivity contribution in [2.45, 2.75) is 43.9 Å². The summed E-state index contributed by atoms with van der Waals surface area (Å²) in [5, 5.41) is 0. The third kappa shape index (κ3) is 1.94. The summed E-state index contributed by atoms with van der Waals surface area (Å²) in [6.07, 6.45) is 8.23. The smallest absolute Gasteiger partial charge is 0.130 e. The van der Waals surface area contributed by atoms with Crippen LogP contribution >= 0.6 is 0 Å². The molecular formula is C16H21NO. The molecule has 0 amide bonds. The average Bonchev–Trinajstić information content (AvgIpc) is 3.11. The third-order valence-corrected chi connectivity index (χ3v) is 4.63. The maximum atomic E-state index is 11.5. The molecular weight excluding hydrogens is 222 g/mol. The number of aldehydes is 1. The molecule has 1 aromatic carbocycles. The molecule has 2 aliphatic rings. The summed E-state index contributed by atoms with van der Waals surface area (Å²) >= 11 is 0. The second-order valence-corrected chi connectivity index (χ2v) is 5.72. The lowest BCUT2D eigenvalue weighted by molar-refractivity contribution is -0.112. The van der Waals surface area contributed by atoms with E-state index in [1.54, 1.807) is 0 Å². The minimum Gasteiger partial charge on any atom is -0.372 e. The van der Waals surface area contributed by atoms with Crippen LogP contribution in [0.3, 0.4) is 0 Å². The SMILES string of the molecule is O=CC1(c2ccc(N3CCCC3)cc2)CCCC1. The normalized spacial score (nSPS) is 22.3. The fourth-order valence-corrected chi connectivity index (χ4v) is 3.46. The van der Waals surface area contributed by atoms with Gasteiger partial charge in [0.25, 0.3) is 0 Å². The van der Waals surface area contributed by atoms with Crippen molar-refractivity contribution in [2.75, 3.05) is 18.0 Å². The van der Waals surface area contributed by atoms with E-state index in [0.717, 1.165) is 12.8 Å². The van der Waals surface area contributed by atoms with Crippen LogP contribution in [0, 0.1) is 0 Å². The van der Waals surface area contributed by atoms with Crippen LogP contribution in [0.15, 0.2) is 24.3 Å². The summed E-state index contributed by atoms with van der Waals surface area (Å²) < 4.78 is 0. The van der Waals surface area contributed by atoms with Crippen molar-refractivity contribution in [3.63, 3.8) is 0 Å². The van der Waals surface area contributed by atoms with Crippen LogP contribution in [0.5, 0.6) is 0 Å². The summed E-state index contributed by atoms with van der Waals surface area (Å²) in [7, 11) is 0. The van der Waals surface area contributed by atoms with Crippen LogP contribution in [-0.4, -0.2) is 19.4 Å². The molecule has 1 heterocycles. The standard InChI is InChI=1S/C16H21NO/c18-13-16(9-1-2-10-16)14-5-7-15(8-6-14)17-11-3-4-12-17/h5-8,13H,1-4,9-12H2. The maximum Gasteiger partial charge on any atom is 0.130 e. The van der Waals surface area contributed by atoms with E-state index in [4.69, 9.17) is 0 Å². The van der Waals surface area contributed by atoms with Gasteiger partial charge in [0.1, 0.15) is 6.29 Å². The zero-order chi connectivity index (χ0) is 12.4. The van der Waals surface area contributed by atoms with Gasteiger partial charge in [-0.05, 0) is 43.4 Å². The minimum absolute atomic E-state index is 0.177. The molecule has 2 fully saturated rings. The first kappa shape index (κ1) is 11.8. The summed E-state index contributed by atoms with van der Waals surface area (Å²) in [6.45, 7) is 2.36. The van der Waals surface area contributed by atoms with Crippen molar-refractivity contribution < 1.29 is 4.79 Å². The number of hydrogen-bond donors (Lipinski definition) is 0. The highest BCUT2D eigenvalue weighted by Crippen LogP contribution is 2.39. The van der Waals surface area contributed by atoms with Gasteiger partial charge in [-0.3, -0.25) is 0 Å². The lowest BCUT2D eigenvalue weighted by Crippen LogP contribution is -2.24.